The average Bonchev–Trinajstić information content (AvgIpc) is 2.88. The average molecular weight is 289 g/mol. The van der Waals surface area contributed by atoms with Crippen molar-refractivity contribution in [3.8, 4) is 6.07 Å². The Balaban J connectivity index is 2.54. The van der Waals surface area contributed by atoms with Gasteiger partial charge in [-0.25, -0.2) is 4.98 Å². The molecule has 0 fully saturated rings. The first-order chi connectivity index (χ1) is 9.60. The number of aromatic nitrogens is 2. The van der Waals surface area contributed by atoms with Gasteiger partial charge in [0, 0.05) is 25.0 Å². The lowest BCUT2D eigenvalue weighted by molar-refractivity contribution is 0.696. The van der Waals surface area contributed by atoms with Crippen LogP contribution in [-0.2, 0) is 6.42 Å². The van der Waals surface area contributed by atoms with Crippen LogP contribution in [0.5, 0.6) is 0 Å². The zero-order chi connectivity index (χ0) is 14.7. The molecule has 1 atom stereocenters. The molecule has 1 unspecified atom stereocenters. The van der Waals surface area contributed by atoms with Gasteiger partial charge < -0.3 is 10.2 Å². The SMILES string of the molecule is CCc1cc2c(N(C)C(C)CC#N)nc(NC)nc2s1. The van der Waals surface area contributed by atoms with E-state index >= 15 is 0 Å². The third kappa shape index (κ3) is 2.68. The van der Waals surface area contributed by atoms with Crippen molar-refractivity contribution >= 4 is 33.3 Å². The summed E-state index contributed by atoms with van der Waals surface area (Å²) >= 11 is 1.70. The van der Waals surface area contributed by atoms with Crippen LogP contribution in [0.3, 0.4) is 0 Å². The summed E-state index contributed by atoms with van der Waals surface area (Å²) in [6.45, 7) is 4.17. The minimum Gasteiger partial charge on any atom is -0.357 e. The number of hydrogen-bond acceptors (Lipinski definition) is 6. The maximum Gasteiger partial charge on any atom is 0.225 e. The summed E-state index contributed by atoms with van der Waals surface area (Å²) in [5, 5.41) is 12.9. The molecule has 1 N–H and O–H groups in total. The zero-order valence-corrected chi connectivity index (χ0v) is 13.1. The fraction of sp³-hybridized carbons (Fsp3) is 0.500. The van der Waals surface area contributed by atoms with Gasteiger partial charge in [-0.05, 0) is 19.4 Å². The van der Waals surface area contributed by atoms with Crippen LogP contribution >= 0.6 is 11.3 Å². The molecule has 0 aromatic carbocycles. The molecule has 0 aliphatic carbocycles. The maximum absolute atomic E-state index is 8.87. The van der Waals surface area contributed by atoms with Crippen molar-refractivity contribution in [2.45, 2.75) is 32.7 Å². The van der Waals surface area contributed by atoms with Gasteiger partial charge in [0.2, 0.25) is 5.95 Å². The van der Waals surface area contributed by atoms with Crippen molar-refractivity contribution in [3.05, 3.63) is 10.9 Å². The van der Waals surface area contributed by atoms with E-state index in [0.717, 1.165) is 22.5 Å². The first-order valence-corrected chi connectivity index (χ1v) is 7.50. The lowest BCUT2D eigenvalue weighted by Crippen LogP contribution is -2.29. The summed E-state index contributed by atoms with van der Waals surface area (Å²) in [5.41, 5.74) is 0. The highest BCUT2D eigenvalue weighted by Gasteiger charge is 2.17. The fourth-order valence-corrected chi connectivity index (χ4v) is 2.95. The Kier molecular flexibility index (Phi) is 4.40. The van der Waals surface area contributed by atoms with Gasteiger partial charge in [-0.15, -0.1) is 11.3 Å². The molecule has 2 rings (SSSR count). The molecule has 6 heteroatoms. The number of nitriles is 1. The van der Waals surface area contributed by atoms with Crippen LogP contribution in [0.2, 0.25) is 0 Å². The molecule has 0 amide bonds. The fourth-order valence-electron chi connectivity index (χ4n) is 1.99. The summed E-state index contributed by atoms with van der Waals surface area (Å²) in [5.74, 6) is 1.51. The smallest absolute Gasteiger partial charge is 0.225 e. The van der Waals surface area contributed by atoms with Gasteiger partial charge in [0.1, 0.15) is 10.6 Å². The molecule has 2 heterocycles. The van der Waals surface area contributed by atoms with E-state index in [2.05, 4.69) is 39.2 Å². The van der Waals surface area contributed by atoms with Crippen molar-refractivity contribution in [2.75, 3.05) is 24.3 Å². The van der Waals surface area contributed by atoms with Gasteiger partial charge >= 0.3 is 0 Å². The van der Waals surface area contributed by atoms with Crippen LogP contribution < -0.4 is 10.2 Å². The number of hydrogen-bond donors (Lipinski definition) is 1. The van der Waals surface area contributed by atoms with Crippen molar-refractivity contribution < 1.29 is 0 Å². The third-order valence-electron chi connectivity index (χ3n) is 3.38. The second-order valence-electron chi connectivity index (χ2n) is 4.73. The van der Waals surface area contributed by atoms with E-state index in [9.17, 15) is 0 Å². The molecule has 0 bridgehead atoms. The standard InChI is InChI=1S/C14H19N5S/c1-5-10-8-11-12(19(4)9(2)6-7-15)17-14(16-3)18-13(11)20-10/h8-9H,5-6H2,1-4H3,(H,16,17,18). The molecule has 20 heavy (non-hydrogen) atoms. The predicted molar refractivity (Wildman–Crippen MR) is 84.4 cm³/mol. The Morgan fingerprint density at radius 3 is 2.85 bits per heavy atom. The Labute approximate surface area is 123 Å². The molecule has 2 aromatic rings. The second-order valence-corrected chi connectivity index (χ2v) is 5.84. The molecule has 0 aliphatic rings. The van der Waals surface area contributed by atoms with Crippen molar-refractivity contribution in [1.82, 2.24) is 9.97 Å². The monoisotopic (exact) mass is 289 g/mol. The molecular formula is C14H19N5S. The van der Waals surface area contributed by atoms with Crippen molar-refractivity contribution in [2.24, 2.45) is 0 Å². The van der Waals surface area contributed by atoms with Gasteiger partial charge in [0.25, 0.3) is 0 Å². The van der Waals surface area contributed by atoms with Gasteiger partial charge in [-0.2, -0.15) is 10.2 Å². The lowest BCUT2D eigenvalue weighted by Gasteiger charge is -2.24. The molecular weight excluding hydrogens is 270 g/mol. The number of rotatable bonds is 5. The second kappa shape index (κ2) is 6.06. The summed E-state index contributed by atoms with van der Waals surface area (Å²) < 4.78 is 0. The van der Waals surface area contributed by atoms with Crippen molar-refractivity contribution in [1.29, 1.82) is 5.26 Å². The molecule has 0 radical (unpaired) electrons. The summed E-state index contributed by atoms with van der Waals surface area (Å²) in [6, 6.07) is 4.49. The molecule has 0 aliphatic heterocycles. The van der Waals surface area contributed by atoms with Crippen LogP contribution in [0.15, 0.2) is 6.07 Å². The Bertz CT molecular complexity index is 643. The van der Waals surface area contributed by atoms with Crippen molar-refractivity contribution in [3.63, 3.8) is 0 Å². The lowest BCUT2D eigenvalue weighted by atomic mass is 10.2. The number of thiophene rings is 1. The third-order valence-corrected chi connectivity index (χ3v) is 4.55. The number of aryl methyl sites for hydroxylation is 1. The number of nitrogens with one attached hydrogen (secondary N) is 1. The Morgan fingerprint density at radius 2 is 2.25 bits per heavy atom. The number of nitrogens with zero attached hydrogens (tertiary/aromatic N) is 4. The van der Waals surface area contributed by atoms with Crippen LogP contribution in [0.25, 0.3) is 10.2 Å². The van der Waals surface area contributed by atoms with E-state index in [1.165, 1.54) is 4.88 Å². The first kappa shape index (κ1) is 14.5. The molecule has 2 aromatic heterocycles. The Morgan fingerprint density at radius 1 is 1.50 bits per heavy atom. The van der Waals surface area contributed by atoms with Crippen LogP contribution in [-0.4, -0.2) is 30.1 Å². The highest BCUT2D eigenvalue weighted by atomic mass is 32.1. The first-order valence-electron chi connectivity index (χ1n) is 6.68. The maximum atomic E-state index is 8.87. The van der Waals surface area contributed by atoms with E-state index in [-0.39, 0.29) is 6.04 Å². The van der Waals surface area contributed by atoms with Crippen LogP contribution in [0, 0.1) is 11.3 Å². The molecule has 106 valence electrons. The number of anilines is 2. The Hall–Kier alpha value is -1.87. The van der Waals surface area contributed by atoms with E-state index < -0.39 is 0 Å². The van der Waals surface area contributed by atoms with Gasteiger partial charge in [0.15, 0.2) is 0 Å². The topological polar surface area (TPSA) is 64.8 Å². The predicted octanol–water partition coefficient (Wildman–Crippen LogP) is 3.03. The molecule has 0 saturated carbocycles. The zero-order valence-electron chi connectivity index (χ0n) is 12.3. The van der Waals surface area contributed by atoms with Gasteiger partial charge in [0.05, 0.1) is 17.9 Å². The normalized spacial score (nSPS) is 12.2. The quantitative estimate of drug-likeness (QED) is 0.916. The minimum absolute atomic E-state index is 0.118. The molecule has 0 saturated heterocycles. The van der Waals surface area contributed by atoms with Gasteiger partial charge in [-0.1, -0.05) is 6.92 Å². The summed E-state index contributed by atoms with van der Waals surface area (Å²) in [7, 11) is 3.80. The summed E-state index contributed by atoms with van der Waals surface area (Å²) in [6.07, 6.45) is 1.47. The molecule has 5 nitrogen and oxygen atoms in total. The van der Waals surface area contributed by atoms with E-state index in [4.69, 9.17) is 5.26 Å². The van der Waals surface area contributed by atoms with Crippen LogP contribution in [0.1, 0.15) is 25.1 Å². The van der Waals surface area contributed by atoms with E-state index in [1.54, 1.807) is 11.3 Å². The minimum atomic E-state index is 0.118. The van der Waals surface area contributed by atoms with E-state index in [1.807, 2.05) is 21.0 Å². The summed E-state index contributed by atoms with van der Waals surface area (Å²) in [4.78, 5) is 13.4. The van der Waals surface area contributed by atoms with Gasteiger partial charge in [-0.3, -0.25) is 0 Å². The highest BCUT2D eigenvalue weighted by molar-refractivity contribution is 7.18. The number of fused-ring (bicyclic) bond motifs is 1. The largest absolute Gasteiger partial charge is 0.357 e. The van der Waals surface area contributed by atoms with E-state index in [0.29, 0.717) is 12.4 Å². The molecule has 0 spiro atoms. The van der Waals surface area contributed by atoms with Crippen LogP contribution in [0.4, 0.5) is 11.8 Å². The highest BCUT2D eigenvalue weighted by Crippen LogP contribution is 2.32.